The first-order chi connectivity index (χ1) is 12.0. The maximum absolute atomic E-state index is 12.4. The number of carbonyl (C=O) groups is 2. The summed E-state index contributed by atoms with van der Waals surface area (Å²) < 4.78 is 5.09. The van der Waals surface area contributed by atoms with E-state index < -0.39 is 0 Å². The Hall–Kier alpha value is -2.82. The van der Waals surface area contributed by atoms with E-state index in [1.165, 1.54) is 0 Å². The van der Waals surface area contributed by atoms with Crippen molar-refractivity contribution in [2.24, 2.45) is 0 Å². The first kappa shape index (κ1) is 18.5. The van der Waals surface area contributed by atoms with E-state index >= 15 is 0 Å². The number of nitrogens with zero attached hydrogens (tertiary/aromatic N) is 1. The Morgan fingerprint density at radius 1 is 1.12 bits per heavy atom. The molecule has 2 aromatic carbocycles. The Kier molecular flexibility index (Phi) is 6.57. The Labute approximate surface area is 148 Å². The topological polar surface area (TPSA) is 58.6 Å². The Morgan fingerprint density at radius 3 is 2.44 bits per heavy atom. The number of anilines is 1. The highest BCUT2D eigenvalue weighted by Crippen LogP contribution is 2.16. The number of benzene rings is 2. The Morgan fingerprint density at radius 2 is 1.84 bits per heavy atom. The molecule has 132 valence electrons. The molecule has 0 saturated carbocycles. The van der Waals surface area contributed by atoms with Gasteiger partial charge in [0.15, 0.2) is 0 Å². The van der Waals surface area contributed by atoms with Crippen molar-refractivity contribution in [3.8, 4) is 5.75 Å². The molecular formula is C20H24N2O3. The molecule has 0 heterocycles. The highest BCUT2D eigenvalue weighted by Gasteiger charge is 2.15. The van der Waals surface area contributed by atoms with Gasteiger partial charge in [-0.15, -0.1) is 0 Å². The normalized spacial score (nSPS) is 10.2. The smallest absolute Gasteiger partial charge is 0.246 e. The van der Waals surface area contributed by atoms with E-state index in [2.05, 4.69) is 5.32 Å². The number of aryl methyl sites for hydroxylation is 1. The molecule has 5 nitrogen and oxygen atoms in total. The van der Waals surface area contributed by atoms with Crippen LogP contribution in [-0.2, 0) is 16.0 Å². The van der Waals surface area contributed by atoms with Crippen LogP contribution in [0.5, 0.6) is 5.75 Å². The Balaban J connectivity index is 1.90. The molecule has 0 spiro atoms. The minimum Gasteiger partial charge on any atom is -0.497 e. The maximum atomic E-state index is 12.4. The quantitative estimate of drug-likeness (QED) is 0.843. The van der Waals surface area contributed by atoms with Crippen molar-refractivity contribution in [1.82, 2.24) is 5.32 Å². The molecule has 0 aliphatic carbocycles. The van der Waals surface area contributed by atoms with Gasteiger partial charge < -0.3 is 15.0 Å². The summed E-state index contributed by atoms with van der Waals surface area (Å²) in [5.74, 6) is 0.436. The summed E-state index contributed by atoms with van der Waals surface area (Å²) in [6, 6.07) is 15.1. The molecule has 0 bridgehead atoms. The summed E-state index contributed by atoms with van der Waals surface area (Å²) in [5.41, 5.74) is 2.81. The number of hydrogen-bond donors (Lipinski definition) is 1. The average molecular weight is 340 g/mol. The van der Waals surface area contributed by atoms with Crippen LogP contribution in [-0.4, -0.2) is 32.0 Å². The van der Waals surface area contributed by atoms with Gasteiger partial charge in [-0.25, -0.2) is 0 Å². The van der Waals surface area contributed by atoms with E-state index in [0.29, 0.717) is 6.54 Å². The van der Waals surface area contributed by atoms with Gasteiger partial charge in [0.05, 0.1) is 20.1 Å². The van der Waals surface area contributed by atoms with Crippen LogP contribution in [0.4, 0.5) is 5.69 Å². The standard InChI is InChI=1S/C20H24N2O3/c1-4-22(17-7-5-6-15(2)12-17)20(24)14-21-19(23)13-16-8-10-18(25-3)11-9-16/h5-12H,4,13-14H2,1-3H3,(H,21,23). The summed E-state index contributed by atoms with van der Waals surface area (Å²) in [5, 5.41) is 2.70. The molecule has 0 saturated heterocycles. The zero-order valence-corrected chi connectivity index (χ0v) is 14.9. The number of rotatable bonds is 7. The number of methoxy groups -OCH3 is 1. The molecule has 0 aliphatic rings. The summed E-state index contributed by atoms with van der Waals surface area (Å²) in [4.78, 5) is 26.1. The van der Waals surface area contributed by atoms with Crippen molar-refractivity contribution in [2.75, 3.05) is 25.1 Å². The fraction of sp³-hybridized carbons (Fsp3) is 0.300. The molecule has 0 radical (unpaired) electrons. The van der Waals surface area contributed by atoms with Crippen LogP contribution in [0.25, 0.3) is 0 Å². The summed E-state index contributed by atoms with van der Waals surface area (Å²) in [7, 11) is 1.60. The van der Waals surface area contributed by atoms with Gasteiger partial charge >= 0.3 is 0 Å². The van der Waals surface area contributed by atoms with Crippen LogP contribution in [0, 0.1) is 6.92 Å². The molecule has 0 fully saturated rings. The molecule has 2 amide bonds. The van der Waals surface area contributed by atoms with Gasteiger partial charge in [-0.05, 0) is 49.2 Å². The predicted octanol–water partition coefficient (Wildman–Crippen LogP) is 2.72. The minimum absolute atomic E-state index is 0.0171. The number of hydrogen-bond acceptors (Lipinski definition) is 3. The number of nitrogens with one attached hydrogen (secondary N) is 1. The van der Waals surface area contributed by atoms with E-state index in [4.69, 9.17) is 4.74 Å². The molecule has 25 heavy (non-hydrogen) atoms. The van der Waals surface area contributed by atoms with E-state index in [9.17, 15) is 9.59 Å². The molecular weight excluding hydrogens is 316 g/mol. The SMILES string of the molecule is CCN(C(=O)CNC(=O)Cc1ccc(OC)cc1)c1cccc(C)c1. The maximum Gasteiger partial charge on any atom is 0.246 e. The molecule has 0 aromatic heterocycles. The van der Waals surface area contributed by atoms with Gasteiger partial charge in [-0.3, -0.25) is 9.59 Å². The summed E-state index contributed by atoms with van der Waals surface area (Å²) >= 11 is 0. The molecule has 2 aromatic rings. The van der Waals surface area contributed by atoms with E-state index in [0.717, 1.165) is 22.6 Å². The third kappa shape index (κ3) is 5.35. The molecule has 0 aliphatic heterocycles. The molecule has 0 unspecified atom stereocenters. The van der Waals surface area contributed by atoms with Crippen LogP contribution in [0.15, 0.2) is 48.5 Å². The van der Waals surface area contributed by atoms with Crippen molar-refractivity contribution in [2.45, 2.75) is 20.3 Å². The highest BCUT2D eigenvalue weighted by molar-refractivity contribution is 5.96. The third-order valence-electron chi connectivity index (χ3n) is 3.89. The zero-order chi connectivity index (χ0) is 18.2. The number of amides is 2. The van der Waals surface area contributed by atoms with Gasteiger partial charge in [0.2, 0.25) is 11.8 Å². The van der Waals surface area contributed by atoms with Gasteiger partial charge in [-0.2, -0.15) is 0 Å². The van der Waals surface area contributed by atoms with E-state index in [-0.39, 0.29) is 24.8 Å². The van der Waals surface area contributed by atoms with Crippen molar-refractivity contribution in [1.29, 1.82) is 0 Å². The monoisotopic (exact) mass is 340 g/mol. The second kappa shape index (κ2) is 8.87. The molecule has 2 rings (SSSR count). The van der Waals surface area contributed by atoms with Crippen molar-refractivity contribution < 1.29 is 14.3 Å². The summed E-state index contributed by atoms with van der Waals surface area (Å²) in [6.45, 7) is 4.44. The van der Waals surface area contributed by atoms with Gasteiger partial charge in [0, 0.05) is 12.2 Å². The second-order valence-corrected chi connectivity index (χ2v) is 5.78. The van der Waals surface area contributed by atoms with Crippen molar-refractivity contribution >= 4 is 17.5 Å². The van der Waals surface area contributed by atoms with Gasteiger partial charge in [0.25, 0.3) is 0 Å². The number of carbonyl (C=O) groups excluding carboxylic acids is 2. The first-order valence-electron chi connectivity index (χ1n) is 8.30. The minimum atomic E-state index is -0.182. The van der Waals surface area contributed by atoms with Gasteiger partial charge in [-0.1, -0.05) is 24.3 Å². The lowest BCUT2D eigenvalue weighted by Gasteiger charge is -2.21. The Bertz CT molecular complexity index is 726. The predicted molar refractivity (Wildman–Crippen MR) is 98.9 cm³/mol. The molecule has 0 atom stereocenters. The van der Waals surface area contributed by atoms with Crippen LogP contribution >= 0.6 is 0 Å². The summed E-state index contributed by atoms with van der Waals surface area (Å²) in [6.07, 6.45) is 0.230. The largest absolute Gasteiger partial charge is 0.497 e. The lowest BCUT2D eigenvalue weighted by atomic mass is 10.1. The second-order valence-electron chi connectivity index (χ2n) is 5.78. The highest BCUT2D eigenvalue weighted by atomic mass is 16.5. The van der Waals surface area contributed by atoms with E-state index in [1.807, 2.05) is 62.4 Å². The third-order valence-corrected chi connectivity index (χ3v) is 3.89. The van der Waals surface area contributed by atoms with Crippen molar-refractivity contribution in [3.05, 3.63) is 59.7 Å². The molecule has 5 heteroatoms. The lowest BCUT2D eigenvalue weighted by molar-refractivity contribution is -0.124. The number of likely N-dealkylation sites (N-methyl/N-ethyl adjacent to an activating group) is 1. The fourth-order valence-corrected chi connectivity index (χ4v) is 2.56. The average Bonchev–Trinajstić information content (AvgIpc) is 2.61. The zero-order valence-electron chi connectivity index (χ0n) is 14.9. The number of ether oxygens (including phenoxy) is 1. The van der Waals surface area contributed by atoms with Crippen molar-refractivity contribution in [3.63, 3.8) is 0 Å². The lowest BCUT2D eigenvalue weighted by Crippen LogP contribution is -2.40. The van der Waals surface area contributed by atoms with Crippen LogP contribution in [0.2, 0.25) is 0 Å². The van der Waals surface area contributed by atoms with Crippen LogP contribution in [0.3, 0.4) is 0 Å². The van der Waals surface area contributed by atoms with E-state index in [1.54, 1.807) is 12.0 Å². The molecule has 1 N–H and O–H groups in total. The fourth-order valence-electron chi connectivity index (χ4n) is 2.56. The van der Waals surface area contributed by atoms with Gasteiger partial charge in [0.1, 0.15) is 5.75 Å². The van der Waals surface area contributed by atoms with Crippen LogP contribution < -0.4 is 15.0 Å². The van der Waals surface area contributed by atoms with Crippen LogP contribution in [0.1, 0.15) is 18.1 Å². The first-order valence-corrected chi connectivity index (χ1v) is 8.30.